The molecule has 51 heavy (non-hydrogen) atoms. The number of aliphatic hydroxyl groups excluding tert-OH is 1. The number of nitrogens with two attached hydrogens (primary N) is 1. The number of hydrogen-bond acceptors (Lipinski definition) is 7. The standard InChI is InChI=1S/C42H50N4O3S2/c1-4-8-31-12-14-36(50-31)37-15-16-38(51-37)39(49)33-13-11-27-22-42(33)23-29(41(25-42)17-5-6-18-41)9-7-10-32-28(20-34(27)46-40(43)44-3)19-30(48)21-35(32)45-24-26(2)47/h12,14-16,19,21,26-27,29,33-34,45,47-48H,5-6,9,11,13,17-18,20,22-25H2,1-3H3,(H3,43,44,46)/t26-,27-,29-,33+,34+,42-/m0/s1. The van der Waals surface area contributed by atoms with Gasteiger partial charge in [0, 0.05) is 47.8 Å². The van der Waals surface area contributed by atoms with E-state index in [1.54, 1.807) is 42.7 Å². The van der Waals surface area contributed by atoms with Crippen molar-refractivity contribution in [1.29, 1.82) is 0 Å². The molecule has 1 aromatic carbocycles. The number of aliphatic imine (C=N–C) groups is 1. The lowest BCUT2D eigenvalue weighted by Gasteiger charge is -2.47. The third kappa shape index (κ3) is 7.18. The minimum atomic E-state index is -0.547. The first-order chi connectivity index (χ1) is 24.6. The highest BCUT2D eigenvalue weighted by atomic mass is 32.1. The third-order valence-corrected chi connectivity index (χ3v) is 14.6. The average molecular weight is 723 g/mol. The van der Waals surface area contributed by atoms with Crippen molar-refractivity contribution in [2.24, 2.45) is 39.3 Å². The number of benzene rings is 1. The highest BCUT2D eigenvalue weighted by Gasteiger charge is 2.60. The van der Waals surface area contributed by atoms with Gasteiger partial charge in [-0.25, -0.2) is 0 Å². The second-order valence-corrected chi connectivity index (χ2v) is 17.7. The van der Waals surface area contributed by atoms with Gasteiger partial charge in [0.25, 0.3) is 0 Å². The van der Waals surface area contributed by atoms with Crippen LogP contribution < -0.4 is 16.4 Å². The molecule has 4 aliphatic carbocycles. The summed E-state index contributed by atoms with van der Waals surface area (Å²) in [5, 5.41) is 27.9. The summed E-state index contributed by atoms with van der Waals surface area (Å²) in [5.41, 5.74) is 9.04. The van der Waals surface area contributed by atoms with Crippen LogP contribution in [0.2, 0.25) is 0 Å². The molecule has 268 valence electrons. The van der Waals surface area contributed by atoms with Gasteiger partial charge in [-0.3, -0.25) is 9.79 Å². The number of ketones is 1. The molecule has 6 N–H and O–H groups in total. The van der Waals surface area contributed by atoms with Crippen LogP contribution in [0.15, 0.2) is 41.4 Å². The molecule has 0 saturated heterocycles. The van der Waals surface area contributed by atoms with E-state index in [-0.39, 0.29) is 34.5 Å². The lowest BCUT2D eigenvalue weighted by molar-refractivity contribution is 0.0338. The van der Waals surface area contributed by atoms with Crippen LogP contribution in [0.25, 0.3) is 9.75 Å². The van der Waals surface area contributed by atoms with E-state index in [9.17, 15) is 15.0 Å². The monoisotopic (exact) mass is 722 g/mol. The van der Waals surface area contributed by atoms with Crippen molar-refractivity contribution in [3.8, 4) is 39.2 Å². The Kier molecular flexibility index (Phi) is 10.3. The Morgan fingerprint density at radius 2 is 1.90 bits per heavy atom. The number of guanidine groups is 1. The Balaban J connectivity index is 1.28. The minimum Gasteiger partial charge on any atom is -0.508 e. The maximum absolute atomic E-state index is 14.8. The number of aliphatic hydroxyl groups is 1. The van der Waals surface area contributed by atoms with Crippen LogP contribution in [0.4, 0.5) is 5.69 Å². The molecule has 0 radical (unpaired) electrons. The molecule has 0 aliphatic heterocycles. The molecule has 7 nitrogen and oxygen atoms in total. The number of aromatic hydroxyl groups is 1. The zero-order valence-electron chi connectivity index (χ0n) is 30.0. The summed E-state index contributed by atoms with van der Waals surface area (Å²) in [7, 11) is 1.70. The molecule has 2 spiro atoms. The third-order valence-electron chi connectivity index (χ3n) is 12.3. The number of nitrogens with one attached hydrogen (secondary N) is 2. The molecule has 0 amide bonds. The average Bonchev–Trinajstić information content (AvgIpc) is 3.92. The van der Waals surface area contributed by atoms with Crippen LogP contribution in [-0.2, 0) is 6.42 Å². The van der Waals surface area contributed by atoms with Crippen molar-refractivity contribution in [2.45, 2.75) is 96.6 Å². The fourth-order valence-electron chi connectivity index (χ4n) is 10.1. The number of phenols is 1. The maximum atomic E-state index is 14.8. The smallest absolute Gasteiger partial charge is 0.188 e. The lowest BCUT2D eigenvalue weighted by atomic mass is 9.58. The molecule has 7 rings (SSSR count). The summed E-state index contributed by atoms with van der Waals surface area (Å²) in [5.74, 6) is 14.9. The van der Waals surface area contributed by atoms with Crippen LogP contribution in [0, 0.1) is 52.3 Å². The highest BCUT2D eigenvalue weighted by molar-refractivity contribution is 7.23. The molecule has 2 aromatic heterocycles. The van der Waals surface area contributed by atoms with Gasteiger partial charge in [0.1, 0.15) is 5.75 Å². The Morgan fingerprint density at radius 3 is 2.67 bits per heavy atom. The van der Waals surface area contributed by atoms with E-state index >= 15 is 0 Å². The highest BCUT2D eigenvalue weighted by Crippen LogP contribution is 2.68. The van der Waals surface area contributed by atoms with Crippen molar-refractivity contribution in [3.05, 3.63) is 57.3 Å². The van der Waals surface area contributed by atoms with Gasteiger partial charge in [0.2, 0.25) is 0 Å². The summed E-state index contributed by atoms with van der Waals surface area (Å²) >= 11 is 3.32. The molecule has 0 unspecified atom stereocenters. The van der Waals surface area contributed by atoms with Gasteiger partial charge in [0.05, 0.1) is 27.1 Å². The Morgan fingerprint density at radius 1 is 1.12 bits per heavy atom. The van der Waals surface area contributed by atoms with E-state index in [2.05, 4.69) is 63.6 Å². The second-order valence-electron chi connectivity index (χ2n) is 15.5. The van der Waals surface area contributed by atoms with Crippen molar-refractivity contribution in [2.75, 3.05) is 18.9 Å². The number of anilines is 1. The van der Waals surface area contributed by atoms with Crippen molar-refractivity contribution < 1.29 is 15.0 Å². The molecule has 6 atom stereocenters. The number of rotatable bonds is 7. The molecule has 4 aliphatic rings. The van der Waals surface area contributed by atoms with E-state index in [0.29, 0.717) is 30.6 Å². The number of fused-ring (bicyclic) bond motifs is 4. The Labute approximate surface area is 310 Å². The van der Waals surface area contributed by atoms with Crippen LogP contribution in [0.1, 0.15) is 104 Å². The van der Waals surface area contributed by atoms with Crippen LogP contribution >= 0.6 is 22.7 Å². The first-order valence-electron chi connectivity index (χ1n) is 18.5. The molecular weight excluding hydrogens is 673 g/mol. The molecule has 2 heterocycles. The van der Waals surface area contributed by atoms with Gasteiger partial charge in [0.15, 0.2) is 11.7 Å². The first kappa shape index (κ1) is 35.6. The molecule has 3 bridgehead atoms. The zero-order valence-corrected chi connectivity index (χ0v) is 31.6. The van der Waals surface area contributed by atoms with E-state index in [0.717, 1.165) is 74.8 Å². The van der Waals surface area contributed by atoms with E-state index in [1.165, 1.54) is 25.7 Å². The summed E-state index contributed by atoms with van der Waals surface area (Å²) in [4.78, 5) is 23.3. The predicted molar refractivity (Wildman–Crippen MR) is 209 cm³/mol. The van der Waals surface area contributed by atoms with Gasteiger partial charge < -0.3 is 26.6 Å². The first-order valence-corrected chi connectivity index (χ1v) is 20.2. The van der Waals surface area contributed by atoms with Crippen LogP contribution in [0.3, 0.4) is 0 Å². The number of nitrogens with zero attached hydrogens (tertiary/aromatic N) is 1. The van der Waals surface area contributed by atoms with E-state index < -0.39 is 6.10 Å². The maximum Gasteiger partial charge on any atom is 0.188 e. The van der Waals surface area contributed by atoms with Gasteiger partial charge in [-0.15, -0.1) is 28.6 Å². The lowest BCUT2D eigenvalue weighted by Crippen LogP contribution is -2.50. The predicted octanol–water partition coefficient (Wildman–Crippen LogP) is 7.80. The number of Topliss-reactive ketones (excluding diaryl/α,β-unsaturated/α-hetero) is 1. The quantitative estimate of drug-likeness (QED) is 0.0735. The summed E-state index contributed by atoms with van der Waals surface area (Å²) in [6.45, 7) is 3.96. The van der Waals surface area contributed by atoms with Gasteiger partial charge in [-0.05, 0) is 124 Å². The van der Waals surface area contributed by atoms with E-state index in [4.69, 9.17) is 5.73 Å². The molecular formula is C42H50N4O3S2. The van der Waals surface area contributed by atoms with Crippen LogP contribution in [-0.4, -0.2) is 47.7 Å². The summed E-state index contributed by atoms with van der Waals surface area (Å²) in [6.07, 6.45) is 10.6. The van der Waals surface area contributed by atoms with Gasteiger partial charge in [-0.2, -0.15) is 0 Å². The summed E-state index contributed by atoms with van der Waals surface area (Å²) < 4.78 is 0. The van der Waals surface area contributed by atoms with E-state index in [1.807, 2.05) is 13.0 Å². The number of phenolic OH excluding ortho intramolecular Hbond substituents is 1. The zero-order chi connectivity index (χ0) is 35.8. The van der Waals surface area contributed by atoms with Crippen molar-refractivity contribution >= 4 is 40.1 Å². The molecule has 3 aromatic rings. The minimum absolute atomic E-state index is 0.0334. The number of hydrogen-bond donors (Lipinski definition) is 5. The van der Waals surface area contributed by atoms with Crippen LogP contribution in [0.5, 0.6) is 5.75 Å². The largest absolute Gasteiger partial charge is 0.508 e. The van der Waals surface area contributed by atoms with Crippen molar-refractivity contribution in [1.82, 2.24) is 5.32 Å². The second kappa shape index (κ2) is 14.7. The molecule has 9 heteroatoms. The summed E-state index contributed by atoms with van der Waals surface area (Å²) in [6, 6.07) is 11.9. The Bertz CT molecular complexity index is 1930. The van der Waals surface area contributed by atoms with Gasteiger partial charge >= 0.3 is 0 Å². The van der Waals surface area contributed by atoms with Crippen molar-refractivity contribution in [3.63, 3.8) is 0 Å². The number of thiophene rings is 2. The molecule has 3 saturated carbocycles. The Hall–Kier alpha value is -3.76. The topological polar surface area (TPSA) is 120 Å². The molecule has 3 fully saturated rings. The normalized spacial score (nSPS) is 27.2. The fraction of sp³-hybridized carbons (Fsp3) is 0.524. The number of carbonyl (C=O) groups is 1. The fourth-order valence-corrected chi connectivity index (χ4v) is 12.1. The van der Waals surface area contributed by atoms with Gasteiger partial charge in [-0.1, -0.05) is 30.6 Å². The number of carbonyl (C=O) groups excluding carboxylic acids is 1. The SMILES string of the molecule is CC#Cc1ccc(-c2ccc(C(=O)[C@H]3CC[C@H]4C[C@@]35C[C@H](CC#Cc3c(cc(O)cc3NC[C@H](C)O)C[C@H]4NC(N)=NC)C3(CCCC3)C5)s2)s1.